The van der Waals surface area contributed by atoms with Crippen LogP contribution in [0.15, 0.2) is 0 Å². The van der Waals surface area contributed by atoms with Crippen LogP contribution in [0.1, 0.15) is 23.8 Å². The standard InChI is InChI=1S/C12H18ClN5O/c1-8(13)11-14-10-9(2)15-16(3)12(10)18(11)17-4-6-19-7-5-17/h8H,4-7H2,1-3H3. The van der Waals surface area contributed by atoms with Crippen LogP contribution in [0.5, 0.6) is 0 Å². The Bertz CT molecular complexity index is 597. The van der Waals surface area contributed by atoms with Crippen molar-refractivity contribution in [2.45, 2.75) is 19.2 Å². The topological polar surface area (TPSA) is 48.1 Å². The molecule has 0 aliphatic carbocycles. The van der Waals surface area contributed by atoms with Gasteiger partial charge in [0.2, 0.25) is 0 Å². The Morgan fingerprint density at radius 3 is 2.63 bits per heavy atom. The van der Waals surface area contributed by atoms with Gasteiger partial charge in [-0.1, -0.05) is 0 Å². The second-order valence-corrected chi connectivity index (χ2v) is 5.50. The minimum Gasteiger partial charge on any atom is -0.378 e. The summed E-state index contributed by atoms with van der Waals surface area (Å²) in [6.07, 6.45) is 0. The summed E-state index contributed by atoms with van der Waals surface area (Å²) in [4.78, 5) is 4.67. The predicted octanol–water partition coefficient (Wildman–Crippen LogP) is 1.35. The van der Waals surface area contributed by atoms with Crippen molar-refractivity contribution in [3.63, 3.8) is 0 Å². The smallest absolute Gasteiger partial charge is 0.177 e. The summed E-state index contributed by atoms with van der Waals surface area (Å²) < 4.78 is 9.39. The minimum atomic E-state index is -0.144. The number of halogens is 1. The maximum Gasteiger partial charge on any atom is 0.177 e. The highest BCUT2D eigenvalue weighted by atomic mass is 35.5. The average molecular weight is 284 g/mol. The van der Waals surface area contributed by atoms with E-state index in [0.717, 1.165) is 49.0 Å². The van der Waals surface area contributed by atoms with Gasteiger partial charge in [-0.25, -0.2) is 14.3 Å². The molecular formula is C12H18ClN5O. The number of hydrogen-bond donors (Lipinski definition) is 0. The van der Waals surface area contributed by atoms with E-state index in [0.29, 0.717) is 0 Å². The van der Waals surface area contributed by atoms with Crippen molar-refractivity contribution in [1.82, 2.24) is 19.4 Å². The average Bonchev–Trinajstić information content (AvgIpc) is 2.90. The molecular weight excluding hydrogens is 266 g/mol. The van der Waals surface area contributed by atoms with Gasteiger partial charge in [0, 0.05) is 7.05 Å². The molecule has 0 radical (unpaired) electrons. The van der Waals surface area contributed by atoms with Crippen LogP contribution in [0, 0.1) is 6.92 Å². The summed E-state index contributed by atoms with van der Waals surface area (Å²) in [5.41, 5.74) is 2.86. The molecule has 2 aromatic heterocycles. The van der Waals surface area contributed by atoms with Gasteiger partial charge in [0.15, 0.2) is 5.65 Å². The van der Waals surface area contributed by atoms with Crippen molar-refractivity contribution in [2.24, 2.45) is 7.05 Å². The SMILES string of the molecule is Cc1nn(C)c2c1nc(C(C)Cl)n2N1CCOCC1. The van der Waals surface area contributed by atoms with Crippen molar-refractivity contribution in [3.8, 4) is 0 Å². The van der Waals surface area contributed by atoms with Gasteiger partial charge in [-0.15, -0.1) is 11.6 Å². The third kappa shape index (κ3) is 1.99. The van der Waals surface area contributed by atoms with Crippen LogP contribution in [0.2, 0.25) is 0 Å². The minimum absolute atomic E-state index is 0.144. The fourth-order valence-electron chi connectivity index (χ4n) is 2.56. The van der Waals surface area contributed by atoms with E-state index in [-0.39, 0.29) is 5.38 Å². The highest BCUT2D eigenvalue weighted by molar-refractivity contribution is 6.20. The van der Waals surface area contributed by atoms with Crippen LogP contribution in [0.3, 0.4) is 0 Å². The van der Waals surface area contributed by atoms with Crippen molar-refractivity contribution < 1.29 is 4.74 Å². The number of morpholine rings is 1. The van der Waals surface area contributed by atoms with Gasteiger partial charge in [-0.3, -0.25) is 0 Å². The molecule has 0 spiro atoms. The van der Waals surface area contributed by atoms with Gasteiger partial charge in [0.1, 0.15) is 11.3 Å². The zero-order valence-corrected chi connectivity index (χ0v) is 12.2. The molecule has 1 atom stereocenters. The molecule has 0 aromatic carbocycles. The second kappa shape index (κ2) is 4.68. The number of hydrogen-bond acceptors (Lipinski definition) is 4. The van der Waals surface area contributed by atoms with E-state index in [1.54, 1.807) is 0 Å². The molecule has 7 heteroatoms. The molecule has 0 bridgehead atoms. The van der Waals surface area contributed by atoms with Crippen molar-refractivity contribution in [2.75, 3.05) is 31.3 Å². The zero-order chi connectivity index (χ0) is 13.6. The van der Waals surface area contributed by atoms with Crippen LogP contribution in [-0.2, 0) is 11.8 Å². The fraction of sp³-hybridized carbons (Fsp3) is 0.667. The Labute approximate surface area is 116 Å². The van der Waals surface area contributed by atoms with E-state index in [2.05, 4.69) is 19.8 Å². The van der Waals surface area contributed by atoms with Crippen molar-refractivity contribution in [3.05, 3.63) is 11.5 Å². The Kier molecular flexibility index (Phi) is 3.14. The van der Waals surface area contributed by atoms with E-state index in [9.17, 15) is 0 Å². The predicted molar refractivity (Wildman–Crippen MR) is 74.3 cm³/mol. The Balaban J connectivity index is 2.20. The number of fused-ring (bicyclic) bond motifs is 1. The van der Waals surface area contributed by atoms with E-state index in [4.69, 9.17) is 16.3 Å². The molecule has 3 heterocycles. The number of nitrogens with zero attached hydrogens (tertiary/aromatic N) is 5. The van der Waals surface area contributed by atoms with Gasteiger partial charge >= 0.3 is 0 Å². The van der Waals surface area contributed by atoms with E-state index < -0.39 is 0 Å². The molecule has 1 unspecified atom stereocenters. The first-order chi connectivity index (χ1) is 9.09. The molecule has 19 heavy (non-hydrogen) atoms. The summed E-state index contributed by atoms with van der Waals surface area (Å²) in [5.74, 6) is 0.870. The van der Waals surface area contributed by atoms with Crippen LogP contribution < -0.4 is 5.01 Å². The second-order valence-electron chi connectivity index (χ2n) is 4.85. The number of aromatic nitrogens is 4. The maximum absolute atomic E-state index is 6.29. The largest absolute Gasteiger partial charge is 0.378 e. The molecule has 1 aliphatic heterocycles. The lowest BCUT2D eigenvalue weighted by Gasteiger charge is -2.31. The molecule has 6 nitrogen and oxygen atoms in total. The number of ether oxygens (including phenoxy) is 1. The van der Waals surface area contributed by atoms with Gasteiger partial charge in [0.25, 0.3) is 0 Å². The fourth-order valence-corrected chi connectivity index (χ4v) is 2.70. The van der Waals surface area contributed by atoms with Gasteiger partial charge in [0.05, 0.1) is 37.4 Å². The third-order valence-corrected chi connectivity index (χ3v) is 3.63. The van der Waals surface area contributed by atoms with Crippen molar-refractivity contribution >= 4 is 22.8 Å². The van der Waals surface area contributed by atoms with Gasteiger partial charge in [-0.05, 0) is 13.8 Å². The first-order valence-electron chi connectivity index (χ1n) is 6.48. The summed E-state index contributed by atoms with van der Waals surface area (Å²) in [6.45, 7) is 7.06. The van der Waals surface area contributed by atoms with E-state index in [1.807, 2.05) is 25.6 Å². The molecule has 1 aliphatic rings. The molecule has 3 rings (SSSR count). The summed E-state index contributed by atoms with van der Waals surface area (Å²) in [7, 11) is 1.94. The quantitative estimate of drug-likeness (QED) is 0.781. The van der Waals surface area contributed by atoms with Gasteiger partial charge in [-0.2, -0.15) is 5.10 Å². The first-order valence-corrected chi connectivity index (χ1v) is 6.92. The lowest BCUT2D eigenvalue weighted by molar-refractivity contribution is 0.111. The highest BCUT2D eigenvalue weighted by Gasteiger charge is 2.24. The number of imidazole rings is 1. The molecule has 104 valence electrons. The Morgan fingerprint density at radius 2 is 2.00 bits per heavy atom. The first kappa shape index (κ1) is 12.7. The third-order valence-electron chi connectivity index (χ3n) is 3.43. The molecule has 0 N–H and O–H groups in total. The normalized spacial score (nSPS) is 18.2. The van der Waals surface area contributed by atoms with E-state index in [1.165, 1.54) is 0 Å². The summed E-state index contributed by atoms with van der Waals surface area (Å²) >= 11 is 6.29. The van der Waals surface area contributed by atoms with Crippen LogP contribution in [0.4, 0.5) is 0 Å². The van der Waals surface area contributed by atoms with Crippen LogP contribution in [-0.4, -0.2) is 45.7 Å². The lowest BCUT2D eigenvalue weighted by atomic mass is 10.4. The van der Waals surface area contributed by atoms with Crippen LogP contribution >= 0.6 is 11.6 Å². The van der Waals surface area contributed by atoms with E-state index >= 15 is 0 Å². The zero-order valence-electron chi connectivity index (χ0n) is 11.4. The van der Waals surface area contributed by atoms with Crippen molar-refractivity contribution in [1.29, 1.82) is 0 Å². The molecule has 1 saturated heterocycles. The molecule has 0 saturated carbocycles. The number of alkyl halides is 1. The Morgan fingerprint density at radius 1 is 1.32 bits per heavy atom. The number of rotatable bonds is 2. The highest BCUT2D eigenvalue weighted by Crippen LogP contribution is 2.26. The Hall–Kier alpha value is -1.27. The van der Waals surface area contributed by atoms with Gasteiger partial charge < -0.3 is 9.75 Å². The summed E-state index contributed by atoms with van der Waals surface area (Å²) in [6, 6.07) is 0. The van der Waals surface area contributed by atoms with Crippen LogP contribution in [0.25, 0.3) is 11.2 Å². The maximum atomic E-state index is 6.29. The lowest BCUT2D eigenvalue weighted by Crippen LogP contribution is -2.45. The monoisotopic (exact) mass is 283 g/mol. The summed E-state index contributed by atoms with van der Waals surface area (Å²) in [5, 5.41) is 6.52. The molecule has 1 fully saturated rings. The molecule has 2 aromatic rings. The molecule has 0 amide bonds. The number of aryl methyl sites for hydroxylation is 2.